The van der Waals surface area contributed by atoms with Crippen LogP contribution in [0.3, 0.4) is 0 Å². The Morgan fingerprint density at radius 3 is 2.47 bits per heavy atom. The maximum atomic E-state index is 14.5. The molecule has 7 heteroatoms. The molecule has 2 aliphatic heterocycles. The van der Waals surface area contributed by atoms with Crippen LogP contribution in [0.25, 0.3) is 5.57 Å². The minimum absolute atomic E-state index is 0.0575. The summed E-state index contributed by atoms with van der Waals surface area (Å²) in [5, 5.41) is 4.43. The molecule has 2 atom stereocenters. The van der Waals surface area contributed by atoms with Crippen molar-refractivity contribution in [3.05, 3.63) is 105 Å². The molecule has 3 aromatic rings. The number of piperazine rings is 1. The van der Waals surface area contributed by atoms with Gasteiger partial charge in [0.2, 0.25) is 5.91 Å². The molecular weight excluding hydrogens is 582 g/mol. The summed E-state index contributed by atoms with van der Waals surface area (Å²) in [7, 11) is 0. The summed E-state index contributed by atoms with van der Waals surface area (Å²) in [6.45, 7) is 10.3. The molecule has 0 unspecified atom stereocenters. The number of carbonyl (C=O) groups is 2. The number of halogens is 1. The molecule has 1 N–H and O–H groups in total. The minimum Gasteiger partial charge on any atom is -0.493 e. The van der Waals surface area contributed by atoms with E-state index >= 15 is 0 Å². The van der Waals surface area contributed by atoms with Crippen molar-refractivity contribution in [3.8, 4) is 5.75 Å². The molecule has 1 saturated heterocycles. The summed E-state index contributed by atoms with van der Waals surface area (Å²) in [5.74, 6) is 1.09. The van der Waals surface area contributed by atoms with Gasteiger partial charge < -0.3 is 19.9 Å². The fourth-order valence-corrected chi connectivity index (χ4v) is 7.09. The van der Waals surface area contributed by atoms with Gasteiger partial charge in [0.25, 0.3) is 5.91 Å². The topological polar surface area (TPSA) is 61.9 Å². The second-order valence-corrected chi connectivity index (χ2v) is 13.4. The first-order chi connectivity index (χ1) is 21.7. The number of hydrogen-bond donors (Lipinski definition) is 1. The summed E-state index contributed by atoms with van der Waals surface area (Å²) < 4.78 is 6.19. The molecule has 2 bridgehead atoms. The number of benzene rings is 3. The molecule has 6 rings (SSSR count). The number of hydrogen-bond acceptors (Lipinski definition) is 4. The first kappa shape index (κ1) is 31.4. The molecule has 2 heterocycles. The van der Waals surface area contributed by atoms with Crippen molar-refractivity contribution < 1.29 is 14.3 Å². The Labute approximate surface area is 272 Å². The van der Waals surface area contributed by atoms with Crippen molar-refractivity contribution in [2.45, 2.75) is 77.9 Å². The summed E-state index contributed by atoms with van der Waals surface area (Å²) in [4.78, 5) is 30.9. The van der Waals surface area contributed by atoms with E-state index in [2.05, 4.69) is 67.4 Å². The Morgan fingerprint density at radius 1 is 1.00 bits per heavy atom. The van der Waals surface area contributed by atoms with E-state index in [0.29, 0.717) is 39.1 Å². The molecule has 0 spiro atoms. The predicted octanol–water partition coefficient (Wildman–Crippen LogP) is 6.47. The maximum absolute atomic E-state index is 14.5. The highest BCUT2D eigenvalue weighted by Crippen LogP contribution is 2.37. The third kappa shape index (κ3) is 7.13. The molecule has 236 valence electrons. The second-order valence-electron chi connectivity index (χ2n) is 13.0. The zero-order valence-corrected chi connectivity index (χ0v) is 27.6. The lowest BCUT2D eigenvalue weighted by Gasteiger charge is -2.44. The molecule has 0 aromatic heterocycles. The van der Waals surface area contributed by atoms with Crippen molar-refractivity contribution in [3.63, 3.8) is 0 Å². The molecule has 3 aliphatic rings. The Hall–Kier alpha value is -3.61. The van der Waals surface area contributed by atoms with Crippen molar-refractivity contribution in [1.82, 2.24) is 15.1 Å². The van der Waals surface area contributed by atoms with Crippen LogP contribution in [0, 0.1) is 20.8 Å². The molecule has 1 aliphatic carbocycles. The molecule has 2 amide bonds. The van der Waals surface area contributed by atoms with Gasteiger partial charge in [-0.2, -0.15) is 0 Å². The van der Waals surface area contributed by atoms with E-state index in [1.807, 2.05) is 29.2 Å². The first-order valence-electron chi connectivity index (χ1n) is 16.3. The van der Waals surface area contributed by atoms with E-state index in [1.165, 1.54) is 22.3 Å². The molecule has 45 heavy (non-hydrogen) atoms. The quantitative estimate of drug-likeness (QED) is 0.281. The molecular formula is C38H44ClN3O3. The van der Waals surface area contributed by atoms with Crippen LogP contribution in [0.15, 0.2) is 66.2 Å². The van der Waals surface area contributed by atoms with Gasteiger partial charge in [-0.15, -0.1) is 0 Å². The van der Waals surface area contributed by atoms with Gasteiger partial charge in [0.1, 0.15) is 5.75 Å². The number of ether oxygens (including phenoxy) is 1. The van der Waals surface area contributed by atoms with E-state index in [9.17, 15) is 9.59 Å². The maximum Gasteiger partial charge on any atom is 0.252 e. The normalized spacial score (nSPS) is 19.4. The van der Waals surface area contributed by atoms with Gasteiger partial charge in [-0.3, -0.25) is 9.59 Å². The highest BCUT2D eigenvalue weighted by atomic mass is 35.5. The van der Waals surface area contributed by atoms with E-state index in [4.69, 9.17) is 16.3 Å². The number of nitrogens with zero attached hydrogens (tertiary/aromatic N) is 2. The van der Waals surface area contributed by atoms with Crippen molar-refractivity contribution in [2.24, 2.45) is 0 Å². The standard InChI is InChI=1S/C38H44ClN3O3/c1-24-19-25(2)26(3)36(20-24)45-18-16-28-9-11-29(12-10-28)33-21-31-22-41(27(4)43)23-35(40-31)37(33)38(44)42(32-13-14-32)17-15-30-7-5-6-8-34(30)39/h5-12,19-20,31-32,35,40H,13-18,21-23H2,1-4H3/t31-,35-/m1/s1. The van der Waals surface area contributed by atoms with Gasteiger partial charge in [0.15, 0.2) is 0 Å². The smallest absolute Gasteiger partial charge is 0.252 e. The van der Waals surface area contributed by atoms with Crippen LogP contribution in [0.4, 0.5) is 0 Å². The largest absolute Gasteiger partial charge is 0.493 e. The third-order valence-corrected chi connectivity index (χ3v) is 9.99. The van der Waals surface area contributed by atoms with Crippen LogP contribution in [0.5, 0.6) is 5.75 Å². The summed E-state index contributed by atoms with van der Waals surface area (Å²) in [5.41, 5.74) is 8.90. The van der Waals surface area contributed by atoms with E-state index in [-0.39, 0.29) is 29.9 Å². The average molecular weight is 626 g/mol. The SMILES string of the molecule is CC(=O)N1C[C@H]2CC(c3ccc(CCOc4cc(C)cc(C)c4C)cc3)=C(C(=O)N(CCc3ccccc3Cl)C3CC3)[C@@H](C1)N2. The van der Waals surface area contributed by atoms with E-state index < -0.39 is 0 Å². The van der Waals surface area contributed by atoms with Crippen LogP contribution < -0.4 is 10.1 Å². The van der Waals surface area contributed by atoms with Gasteiger partial charge in [0.05, 0.1) is 12.6 Å². The predicted molar refractivity (Wildman–Crippen MR) is 181 cm³/mol. The van der Waals surface area contributed by atoms with Crippen molar-refractivity contribution in [2.75, 3.05) is 26.2 Å². The lowest BCUT2D eigenvalue weighted by atomic mass is 9.82. The second kappa shape index (κ2) is 13.4. The van der Waals surface area contributed by atoms with Crippen LogP contribution in [0.1, 0.15) is 59.6 Å². The highest BCUT2D eigenvalue weighted by molar-refractivity contribution is 6.31. The lowest BCUT2D eigenvalue weighted by Crippen LogP contribution is -2.62. The zero-order chi connectivity index (χ0) is 31.7. The fraction of sp³-hybridized carbons (Fsp3) is 0.421. The summed E-state index contributed by atoms with van der Waals surface area (Å²) in [6.07, 6.45) is 4.27. The third-order valence-electron chi connectivity index (χ3n) is 9.62. The molecule has 0 radical (unpaired) electrons. The number of amides is 2. The van der Waals surface area contributed by atoms with Crippen LogP contribution in [0.2, 0.25) is 5.02 Å². The Bertz CT molecular complexity index is 1610. The zero-order valence-electron chi connectivity index (χ0n) is 26.9. The Morgan fingerprint density at radius 2 is 1.76 bits per heavy atom. The van der Waals surface area contributed by atoms with Crippen molar-refractivity contribution in [1.29, 1.82) is 0 Å². The summed E-state index contributed by atoms with van der Waals surface area (Å²) in [6, 6.07) is 21.0. The van der Waals surface area contributed by atoms with Crippen LogP contribution in [-0.2, 0) is 22.4 Å². The minimum atomic E-state index is -0.195. The molecule has 1 saturated carbocycles. The van der Waals surface area contributed by atoms with E-state index in [1.54, 1.807) is 6.92 Å². The van der Waals surface area contributed by atoms with Crippen molar-refractivity contribution >= 4 is 29.0 Å². The van der Waals surface area contributed by atoms with Crippen LogP contribution in [-0.4, -0.2) is 66.0 Å². The number of carbonyl (C=O) groups excluding carboxylic acids is 2. The van der Waals surface area contributed by atoms with Gasteiger partial charge >= 0.3 is 0 Å². The summed E-state index contributed by atoms with van der Waals surface area (Å²) >= 11 is 6.48. The monoisotopic (exact) mass is 625 g/mol. The molecule has 3 aromatic carbocycles. The number of rotatable bonds is 10. The average Bonchev–Trinajstić information content (AvgIpc) is 3.86. The van der Waals surface area contributed by atoms with Gasteiger partial charge in [0, 0.05) is 55.7 Å². The van der Waals surface area contributed by atoms with Gasteiger partial charge in [-0.25, -0.2) is 0 Å². The molecule has 6 nitrogen and oxygen atoms in total. The van der Waals surface area contributed by atoms with E-state index in [0.717, 1.165) is 52.3 Å². The Balaban J connectivity index is 1.24. The van der Waals surface area contributed by atoms with Crippen LogP contribution >= 0.6 is 11.6 Å². The first-order valence-corrected chi connectivity index (χ1v) is 16.6. The van der Waals surface area contributed by atoms with Gasteiger partial charge in [-0.1, -0.05) is 60.1 Å². The number of fused-ring (bicyclic) bond motifs is 2. The highest BCUT2D eigenvalue weighted by Gasteiger charge is 2.42. The Kier molecular flexibility index (Phi) is 9.34. The lowest BCUT2D eigenvalue weighted by molar-refractivity contribution is -0.132. The van der Waals surface area contributed by atoms with Gasteiger partial charge in [-0.05, 0) is 97.5 Å². The molecule has 2 fully saturated rings. The fourth-order valence-electron chi connectivity index (χ4n) is 6.86. The number of nitrogens with one attached hydrogen (secondary N) is 1. The number of aryl methyl sites for hydroxylation is 2.